The molecular weight excluding hydrogens is 244 g/mol. The Morgan fingerprint density at radius 3 is 2.61 bits per heavy atom. The lowest BCUT2D eigenvalue weighted by Gasteiger charge is -2.17. The molecule has 2 rings (SSSR count). The molecule has 0 bridgehead atoms. The fourth-order valence-electron chi connectivity index (χ4n) is 2.40. The van der Waals surface area contributed by atoms with E-state index in [1.54, 1.807) is 0 Å². The van der Waals surface area contributed by atoms with Crippen LogP contribution >= 0.6 is 11.8 Å². The molecule has 1 saturated carbocycles. The molecule has 1 aliphatic carbocycles. The third kappa shape index (κ3) is 3.50. The Kier molecular flexibility index (Phi) is 5.08. The number of nitrogens with one attached hydrogen (secondary N) is 1. The van der Waals surface area contributed by atoms with Crippen LogP contribution in [0.4, 0.5) is 0 Å². The minimum Gasteiger partial charge on any atom is -0.294 e. The second kappa shape index (κ2) is 6.81. The highest BCUT2D eigenvalue weighted by Gasteiger charge is 2.23. The summed E-state index contributed by atoms with van der Waals surface area (Å²) < 4.78 is 0. The summed E-state index contributed by atoms with van der Waals surface area (Å²) in [7, 11) is 0. The van der Waals surface area contributed by atoms with Crippen LogP contribution in [0.15, 0.2) is 30.3 Å². The third-order valence-electron chi connectivity index (χ3n) is 3.46. The second-order valence-corrected chi connectivity index (χ2v) is 6.04. The maximum absolute atomic E-state index is 11.9. The predicted molar refractivity (Wildman–Crippen MR) is 76.2 cm³/mol. The number of thioether (sulfide) groups is 1. The lowest BCUT2D eigenvalue weighted by atomic mass is 10.0. The van der Waals surface area contributed by atoms with Gasteiger partial charge in [-0.25, -0.2) is 5.84 Å². The third-order valence-corrected chi connectivity index (χ3v) is 4.93. The number of hydrogen-bond acceptors (Lipinski definition) is 3. The van der Waals surface area contributed by atoms with Crippen molar-refractivity contribution >= 4 is 17.7 Å². The van der Waals surface area contributed by atoms with Crippen LogP contribution < -0.4 is 11.3 Å². The van der Waals surface area contributed by atoms with E-state index in [1.165, 1.54) is 25.7 Å². The van der Waals surface area contributed by atoms with Gasteiger partial charge in [0.15, 0.2) is 0 Å². The van der Waals surface area contributed by atoms with Crippen molar-refractivity contribution < 1.29 is 4.79 Å². The van der Waals surface area contributed by atoms with Crippen molar-refractivity contribution in [1.82, 2.24) is 5.43 Å². The van der Waals surface area contributed by atoms with Crippen LogP contribution in [-0.4, -0.2) is 16.9 Å². The van der Waals surface area contributed by atoms with Gasteiger partial charge in [0, 0.05) is 11.0 Å². The van der Waals surface area contributed by atoms with Crippen LogP contribution in [0.1, 0.15) is 37.2 Å². The first-order valence-corrected chi connectivity index (χ1v) is 7.53. The summed E-state index contributed by atoms with van der Waals surface area (Å²) in [5.41, 5.74) is 3.33. The van der Waals surface area contributed by atoms with Crippen molar-refractivity contribution in [1.29, 1.82) is 0 Å². The van der Waals surface area contributed by atoms with Crippen LogP contribution in [0, 0.1) is 0 Å². The zero-order valence-corrected chi connectivity index (χ0v) is 11.3. The van der Waals surface area contributed by atoms with Crippen LogP contribution in [0.5, 0.6) is 0 Å². The van der Waals surface area contributed by atoms with Crippen molar-refractivity contribution in [3.05, 3.63) is 35.9 Å². The Morgan fingerprint density at radius 2 is 2.00 bits per heavy atom. The van der Waals surface area contributed by atoms with E-state index in [-0.39, 0.29) is 11.8 Å². The van der Waals surface area contributed by atoms with Gasteiger partial charge >= 0.3 is 0 Å². The summed E-state index contributed by atoms with van der Waals surface area (Å²) in [4.78, 5) is 11.9. The van der Waals surface area contributed by atoms with Gasteiger partial charge in [-0.3, -0.25) is 10.2 Å². The first-order chi connectivity index (χ1) is 8.81. The molecule has 1 fully saturated rings. The van der Waals surface area contributed by atoms with Gasteiger partial charge in [-0.15, -0.1) is 0 Å². The number of amides is 1. The Labute approximate surface area is 112 Å². The number of nitrogens with two attached hydrogens (primary N) is 1. The molecule has 3 N–H and O–H groups in total. The molecule has 0 saturated heterocycles. The normalized spacial score (nSPS) is 17.6. The smallest absolute Gasteiger partial charge is 0.242 e. The Bertz CT molecular complexity index is 377. The highest BCUT2D eigenvalue weighted by molar-refractivity contribution is 7.99. The summed E-state index contributed by atoms with van der Waals surface area (Å²) in [5, 5.41) is 0.724. The maximum Gasteiger partial charge on any atom is 0.242 e. The van der Waals surface area contributed by atoms with Gasteiger partial charge in [0.25, 0.3) is 0 Å². The largest absolute Gasteiger partial charge is 0.294 e. The number of hydrogen-bond donors (Lipinski definition) is 2. The number of rotatable bonds is 5. The fourth-order valence-corrected chi connectivity index (χ4v) is 3.87. The topological polar surface area (TPSA) is 55.1 Å². The Hall–Kier alpha value is -1.00. The van der Waals surface area contributed by atoms with Gasteiger partial charge in [-0.1, -0.05) is 43.2 Å². The monoisotopic (exact) mass is 264 g/mol. The quantitative estimate of drug-likeness (QED) is 0.488. The van der Waals surface area contributed by atoms with E-state index in [1.807, 2.05) is 42.1 Å². The first-order valence-electron chi connectivity index (χ1n) is 6.48. The minimum absolute atomic E-state index is 0.0910. The molecule has 4 heteroatoms. The molecule has 0 spiro atoms. The lowest BCUT2D eigenvalue weighted by Crippen LogP contribution is -2.36. The molecule has 1 atom stereocenters. The molecule has 98 valence electrons. The molecule has 1 unspecified atom stereocenters. The molecular formula is C14H20N2OS. The summed E-state index contributed by atoms with van der Waals surface area (Å²) >= 11 is 1.91. The Morgan fingerprint density at radius 1 is 1.33 bits per heavy atom. The molecule has 0 aliphatic heterocycles. The standard InChI is InChI=1S/C14H20N2OS/c15-16-14(17)13(11-6-2-1-3-7-11)10-18-12-8-4-5-9-12/h1-3,6-7,12-13H,4-5,8-10,15H2,(H,16,17). The summed E-state index contributed by atoms with van der Waals surface area (Å²) in [6.07, 6.45) is 5.24. The summed E-state index contributed by atoms with van der Waals surface area (Å²) in [6.45, 7) is 0. The molecule has 18 heavy (non-hydrogen) atoms. The number of carbonyl (C=O) groups is 1. The van der Waals surface area contributed by atoms with Crippen molar-refractivity contribution in [2.24, 2.45) is 5.84 Å². The second-order valence-electron chi connectivity index (χ2n) is 4.71. The van der Waals surface area contributed by atoms with E-state index >= 15 is 0 Å². The number of carbonyl (C=O) groups excluding carboxylic acids is 1. The van der Waals surface area contributed by atoms with Crippen molar-refractivity contribution in [3.63, 3.8) is 0 Å². The van der Waals surface area contributed by atoms with Crippen LogP contribution in [0.25, 0.3) is 0 Å². The van der Waals surface area contributed by atoms with Gasteiger partial charge in [-0.05, 0) is 18.4 Å². The average Bonchev–Trinajstić information content (AvgIpc) is 2.93. The van der Waals surface area contributed by atoms with E-state index in [0.717, 1.165) is 16.6 Å². The van der Waals surface area contributed by atoms with Crippen molar-refractivity contribution in [2.75, 3.05) is 5.75 Å². The minimum atomic E-state index is -0.137. The molecule has 1 aromatic rings. The van der Waals surface area contributed by atoms with Gasteiger partial charge in [-0.2, -0.15) is 11.8 Å². The van der Waals surface area contributed by atoms with E-state index in [4.69, 9.17) is 5.84 Å². The highest BCUT2D eigenvalue weighted by atomic mass is 32.2. The zero-order chi connectivity index (χ0) is 12.8. The predicted octanol–water partition coefficient (Wildman–Crippen LogP) is 2.44. The first kappa shape index (κ1) is 13.4. The molecule has 0 heterocycles. The van der Waals surface area contributed by atoms with E-state index < -0.39 is 0 Å². The number of benzene rings is 1. The average molecular weight is 264 g/mol. The van der Waals surface area contributed by atoms with Gasteiger partial charge in [0.2, 0.25) is 5.91 Å². The van der Waals surface area contributed by atoms with Gasteiger partial charge < -0.3 is 0 Å². The van der Waals surface area contributed by atoms with E-state index in [9.17, 15) is 4.79 Å². The summed E-state index contributed by atoms with van der Waals surface area (Å²) in [5.74, 6) is 5.87. The maximum atomic E-state index is 11.9. The SMILES string of the molecule is NNC(=O)C(CSC1CCCC1)c1ccccc1. The van der Waals surface area contributed by atoms with Crippen LogP contribution in [0.2, 0.25) is 0 Å². The highest BCUT2D eigenvalue weighted by Crippen LogP contribution is 2.32. The zero-order valence-electron chi connectivity index (χ0n) is 10.5. The Balaban J connectivity index is 1.99. The molecule has 0 radical (unpaired) electrons. The molecule has 3 nitrogen and oxygen atoms in total. The molecule has 1 aromatic carbocycles. The van der Waals surface area contributed by atoms with Crippen molar-refractivity contribution in [2.45, 2.75) is 36.9 Å². The van der Waals surface area contributed by atoms with Crippen LogP contribution in [0.3, 0.4) is 0 Å². The molecule has 1 aliphatic rings. The lowest BCUT2D eigenvalue weighted by molar-refractivity contribution is -0.122. The summed E-state index contributed by atoms with van der Waals surface area (Å²) in [6, 6.07) is 9.88. The molecule has 0 aromatic heterocycles. The van der Waals surface area contributed by atoms with Crippen molar-refractivity contribution in [3.8, 4) is 0 Å². The van der Waals surface area contributed by atoms with Gasteiger partial charge in [0.05, 0.1) is 5.92 Å². The van der Waals surface area contributed by atoms with Gasteiger partial charge in [0.1, 0.15) is 0 Å². The number of hydrazine groups is 1. The fraction of sp³-hybridized carbons (Fsp3) is 0.500. The van der Waals surface area contributed by atoms with Crippen LogP contribution in [-0.2, 0) is 4.79 Å². The van der Waals surface area contributed by atoms with E-state index in [2.05, 4.69) is 5.43 Å². The van der Waals surface area contributed by atoms with E-state index in [0.29, 0.717) is 0 Å². The molecule has 1 amide bonds.